The highest BCUT2D eigenvalue weighted by Gasteiger charge is 2.31. The number of sulfone groups is 1. The van der Waals surface area contributed by atoms with Gasteiger partial charge in [0.2, 0.25) is 0 Å². The van der Waals surface area contributed by atoms with Crippen LogP contribution in [0.25, 0.3) is 22.5 Å². The first kappa shape index (κ1) is 32.4. The smallest absolute Gasteiger partial charge is 0.406 e. The molecule has 1 aromatic heterocycles. The molecule has 44 heavy (non-hydrogen) atoms. The summed E-state index contributed by atoms with van der Waals surface area (Å²) in [5.41, 5.74) is 4.69. The van der Waals surface area contributed by atoms with Crippen molar-refractivity contribution in [3.63, 3.8) is 0 Å². The molecule has 4 aromatic rings. The molecule has 0 saturated heterocycles. The van der Waals surface area contributed by atoms with E-state index in [-0.39, 0.29) is 33.2 Å². The fourth-order valence-electron chi connectivity index (χ4n) is 4.31. The van der Waals surface area contributed by atoms with Crippen molar-refractivity contribution in [1.82, 2.24) is 9.55 Å². The molecule has 0 saturated carbocycles. The highest BCUT2D eigenvalue weighted by molar-refractivity contribution is 7.90. The number of aromatic nitrogens is 2. The maximum Gasteiger partial charge on any atom is 0.573 e. The lowest BCUT2D eigenvalue weighted by atomic mass is 10.0. The second kappa shape index (κ2) is 11.9. The number of nitrogens with two attached hydrogens (primary N) is 2. The minimum atomic E-state index is -4.92. The van der Waals surface area contributed by atoms with Gasteiger partial charge >= 0.3 is 6.36 Å². The Morgan fingerprint density at radius 3 is 2.18 bits per heavy atom. The van der Waals surface area contributed by atoms with Crippen molar-refractivity contribution in [2.45, 2.75) is 37.2 Å². The number of hydrogen-bond donors (Lipinski definition) is 2. The van der Waals surface area contributed by atoms with E-state index in [1.807, 2.05) is 0 Å². The third-order valence-corrected chi connectivity index (χ3v) is 7.54. The first-order valence-corrected chi connectivity index (χ1v) is 14.6. The van der Waals surface area contributed by atoms with Gasteiger partial charge in [0, 0.05) is 24.2 Å². The Morgan fingerprint density at radius 1 is 1.00 bits per heavy atom. The second-order valence-corrected chi connectivity index (χ2v) is 12.1. The molecule has 0 unspecified atom stereocenters. The number of halogens is 6. The summed E-state index contributed by atoms with van der Waals surface area (Å²) in [5, 5.41) is 1.01. The lowest BCUT2D eigenvalue weighted by molar-refractivity contribution is -0.274. The van der Waals surface area contributed by atoms with Crippen LogP contribution < -0.4 is 21.3 Å². The van der Waals surface area contributed by atoms with E-state index in [2.05, 4.69) is 9.72 Å². The maximum absolute atomic E-state index is 14.8. The molecule has 1 heterocycles. The normalized spacial score (nSPS) is 12.9. The van der Waals surface area contributed by atoms with Crippen LogP contribution in [-0.4, -0.2) is 30.6 Å². The topological polar surface area (TPSA) is 116 Å². The summed E-state index contributed by atoms with van der Waals surface area (Å²) in [6.07, 6.45) is -4.84. The van der Waals surface area contributed by atoms with E-state index < -0.39 is 39.9 Å². The average molecular weight is 640 g/mol. The van der Waals surface area contributed by atoms with E-state index in [4.69, 9.17) is 11.6 Å². The maximum atomic E-state index is 14.8. The Bertz CT molecular complexity index is 1800. The van der Waals surface area contributed by atoms with Crippen molar-refractivity contribution in [3.05, 3.63) is 96.2 Å². The van der Waals surface area contributed by atoms with Crippen LogP contribution in [-0.2, 0) is 15.5 Å². The van der Waals surface area contributed by atoms with E-state index >= 15 is 0 Å². The minimum Gasteiger partial charge on any atom is -0.406 e. The molecule has 0 aliphatic heterocycles. The average Bonchev–Trinajstić information content (AvgIpc) is 3.39. The zero-order chi connectivity index (χ0) is 32.6. The van der Waals surface area contributed by atoms with Gasteiger partial charge in [-0.3, -0.25) is 9.58 Å². The molecule has 0 aliphatic carbocycles. The van der Waals surface area contributed by atoms with Gasteiger partial charge in [-0.25, -0.2) is 32.4 Å². The van der Waals surface area contributed by atoms with Crippen molar-refractivity contribution in [1.29, 1.82) is 0 Å². The van der Waals surface area contributed by atoms with Crippen LogP contribution in [0.15, 0.2) is 84.0 Å². The van der Waals surface area contributed by atoms with Gasteiger partial charge in [-0.1, -0.05) is 18.2 Å². The SMILES string of the molecule is CC(C)(F)c1cn(-c2ccc(-c3cccc(S(C)(=O)=O)c3)cc2N(N)/C(=C\N)c2ccc(OC(F)(F)F)cc2)c(C(F)F)n1. The molecule has 0 aliphatic rings. The molecule has 0 atom stereocenters. The van der Waals surface area contributed by atoms with Gasteiger partial charge < -0.3 is 10.5 Å². The van der Waals surface area contributed by atoms with Gasteiger partial charge in [0.15, 0.2) is 15.7 Å². The molecular weight excluding hydrogens is 612 g/mol. The highest BCUT2D eigenvalue weighted by Crippen LogP contribution is 2.37. The number of imidazole rings is 1. The molecule has 0 spiro atoms. The molecule has 0 fully saturated rings. The third-order valence-electron chi connectivity index (χ3n) is 6.43. The Kier molecular flexibility index (Phi) is 8.75. The number of alkyl halides is 6. The standard InChI is InChI=1S/C29H27F6N5O3S/c1-28(2,32)25-16-39(27(38-25)26(30)31)22-12-9-19(18-5-4-6-21(13-18)44(3,41)42)14-23(22)40(37)24(15-36)17-7-10-20(11-8-17)43-29(33,34)35/h4-16,26H,36-37H2,1-3H3/b24-15-. The molecule has 0 bridgehead atoms. The summed E-state index contributed by atoms with van der Waals surface area (Å²) in [4.78, 5) is 3.83. The molecule has 0 radical (unpaired) electrons. The van der Waals surface area contributed by atoms with Crippen LogP contribution in [0.3, 0.4) is 0 Å². The molecule has 0 amide bonds. The van der Waals surface area contributed by atoms with Gasteiger partial charge in [-0.2, -0.15) is 0 Å². The fourth-order valence-corrected chi connectivity index (χ4v) is 4.97. The number of ether oxygens (including phenoxy) is 1. The first-order valence-electron chi connectivity index (χ1n) is 12.7. The summed E-state index contributed by atoms with van der Waals surface area (Å²) in [6, 6.07) is 15.0. The van der Waals surface area contributed by atoms with Gasteiger partial charge in [0.25, 0.3) is 6.43 Å². The van der Waals surface area contributed by atoms with Crippen LogP contribution in [0.4, 0.5) is 32.0 Å². The third kappa shape index (κ3) is 7.17. The molecule has 8 nitrogen and oxygen atoms in total. The van der Waals surface area contributed by atoms with E-state index in [1.54, 1.807) is 6.07 Å². The number of rotatable bonds is 9. The molecular formula is C29H27F6N5O3S. The molecule has 234 valence electrons. The molecule has 15 heteroatoms. The van der Waals surface area contributed by atoms with Gasteiger partial charge in [0.1, 0.15) is 11.4 Å². The Hall–Kier alpha value is -4.50. The predicted octanol–water partition coefficient (Wildman–Crippen LogP) is 6.62. The van der Waals surface area contributed by atoms with Crippen LogP contribution in [0.1, 0.15) is 37.4 Å². The summed E-state index contributed by atoms with van der Waals surface area (Å²) < 4.78 is 110. The van der Waals surface area contributed by atoms with Crippen LogP contribution in [0.5, 0.6) is 5.75 Å². The van der Waals surface area contributed by atoms with E-state index in [9.17, 15) is 34.8 Å². The van der Waals surface area contributed by atoms with Crippen molar-refractivity contribution >= 4 is 21.2 Å². The van der Waals surface area contributed by atoms with Crippen molar-refractivity contribution < 1.29 is 39.5 Å². The van der Waals surface area contributed by atoms with Crippen molar-refractivity contribution in [2.24, 2.45) is 11.6 Å². The van der Waals surface area contributed by atoms with Crippen LogP contribution >= 0.6 is 0 Å². The number of anilines is 1. The Morgan fingerprint density at radius 2 is 1.64 bits per heavy atom. The number of nitrogens with zero attached hydrogens (tertiary/aromatic N) is 3. The van der Waals surface area contributed by atoms with E-state index in [1.165, 1.54) is 48.5 Å². The van der Waals surface area contributed by atoms with Gasteiger partial charge in [-0.15, -0.1) is 13.2 Å². The summed E-state index contributed by atoms with van der Waals surface area (Å²) in [7, 11) is -3.58. The zero-order valence-electron chi connectivity index (χ0n) is 23.5. The Balaban J connectivity index is 1.91. The van der Waals surface area contributed by atoms with Gasteiger partial charge in [0.05, 0.1) is 27.7 Å². The second-order valence-electron chi connectivity index (χ2n) is 10.1. The monoisotopic (exact) mass is 639 g/mol. The van der Waals surface area contributed by atoms with E-state index in [0.29, 0.717) is 11.1 Å². The lowest BCUT2D eigenvalue weighted by Crippen LogP contribution is -2.31. The summed E-state index contributed by atoms with van der Waals surface area (Å²) in [6.45, 7) is 2.31. The largest absolute Gasteiger partial charge is 0.573 e. The van der Waals surface area contributed by atoms with Crippen LogP contribution in [0.2, 0.25) is 0 Å². The van der Waals surface area contributed by atoms with Crippen molar-refractivity contribution in [3.8, 4) is 22.6 Å². The predicted molar refractivity (Wildman–Crippen MR) is 153 cm³/mol. The zero-order valence-corrected chi connectivity index (χ0v) is 24.3. The molecule has 4 N–H and O–H groups in total. The summed E-state index contributed by atoms with van der Waals surface area (Å²) >= 11 is 0. The molecule has 3 aromatic carbocycles. The quantitative estimate of drug-likeness (QED) is 0.120. The van der Waals surface area contributed by atoms with Crippen LogP contribution in [0, 0.1) is 0 Å². The minimum absolute atomic E-state index is 0.0187. The number of benzene rings is 3. The molecule has 4 rings (SSSR count). The Labute approximate surface area is 249 Å². The number of hydrazine groups is 1. The first-order chi connectivity index (χ1) is 20.4. The summed E-state index contributed by atoms with van der Waals surface area (Å²) in [5.74, 6) is 5.22. The van der Waals surface area contributed by atoms with Crippen molar-refractivity contribution in [2.75, 3.05) is 11.3 Å². The highest BCUT2D eigenvalue weighted by atomic mass is 32.2. The number of hydrogen-bond acceptors (Lipinski definition) is 7. The van der Waals surface area contributed by atoms with E-state index in [0.717, 1.165) is 54.2 Å². The fraction of sp³-hybridized carbons (Fsp3) is 0.207. The lowest BCUT2D eigenvalue weighted by Gasteiger charge is -2.26. The van der Waals surface area contributed by atoms with Gasteiger partial charge in [-0.05, 0) is 73.5 Å².